The number of hydrogen-bond donors (Lipinski definition) is 0. The van der Waals surface area contributed by atoms with E-state index in [1.807, 2.05) is 24.0 Å². The van der Waals surface area contributed by atoms with Crippen LogP contribution in [0.3, 0.4) is 0 Å². The summed E-state index contributed by atoms with van der Waals surface area (Å²) in [6, 6.07) is 3.92. The molecule has 1 aliphatic heterocycles. The molecule has 1 amide bonds. The third kappa shape index (κ3) is 2.71. The number of amides is 1. The maximum atomic E-state index is 12.1. The molecule has 0 N–H and O–H groups in total. The fourth-order valence-corrected chi connectivity index (χ4v) is 2.58. The Balaban J connectivity index is 1.91. The minimum atomic E-state index is 0.162. The predicted molar refractivity (Wildman–Crippen MR) is 66.7 cm³/mol. The monoisotopic (exact) mass is 235 g/mol. The van der Waals surface area contributed by atoms with Gasteiger partial charge in [-0.05, 0) is 25.0 Å². The van der Waals surface area contributed by atoms with Crippen LogP contribution in [0.15, 0.2) is 22.8 Å². The summed E-state index contributed by atoms with van der Waals surface area (Å²) in [5, 5.41) is 0. The summed E-state index contributed by atoms with van der Waals surface area (Å²) >= 11 is 0. The van der Waals surface area contributed by atoms with Crippen molar-refractivity contribution in [2.75, 3.05) is 13.1 Å². The Morgan fingerprint density at radius 3 is 3.12 bits per heavy atom. The number of carbonyl (C=O) groups excluding carboxylic acids is 1. The second-order valence-electron chi connectivity index (χ2n) is 4.97. The largest absolute Gasteiger partial charge is 0.469 e. The van der Waals surface area contributed by atoms with Crippen LogP contribution < -0.4 is 0 Å². The summed E-state index contributed by atoms with van der Waals surface area (Å²) in [6.45, 7) is 5.85. The second-order valence-corrected chi connectivity index (χ2v) is 4.97. The van der Waals surface area contributed by atoms with Crippen LogP contribution in [0.1, 0.15) is 44.8 Å². The van der Waals surface area contributed by atoms with E-state index in [0.717, 1.165) is 38.1 Å². The third-order valence-electron chi connectivity index (χ3n) is 3.59. The summed E-state index contributed by atoms with van der Waals surface area (Å²) in [7, 11) is 0. The first-order chi connectivity index (χ1) is 8.22. The maximum absolute atomic E-state index is 12.1. The number of nitrogens with zero attached hydrogens (tertiary/aromatic N) is 1. The SMILES string of the molecule is CCC[C@H](C)C(=O)N1CC[C@H](c2ccco2)C1. The van der Waals surface area contributed by atoms with Crippen LogP contribution in [0.2, 0.25) is 0 Å². The summed E-state index contributed by atoms with van der Waals surface area (Å²) in [5.74, 6) is 1.88. The molecule has 94 valence electrons. The minimum Gasteiger partial charge on any atom is -0.469 e. The molecule has 3 heteroatoms. The van der Waals surface area contributed by atoms with Crippen molar-refractivity contribution in [2.24, 2.45) is 5.92 Å². The Kier molecular flexibility index (Phi) is 3.87. The highest BCUT2D eigenvalue weighted by atomic mass is 16.3. The Labute approximate surface area is 103 Å². The summed E-state index contributed by atoms with van der Waals surface area (Å²) in [6.07, 6.45) is 4.79. The summed E-state index contributed by atoms with van der Waals surface area (Å²) in [4.78, 5) is 14.1. The second kappa shape index (κ2) is 5.39. The van der Waals surface area contributed by atoms with Gasteiger partial charge in [0.2, 0.25) is 5.91 Å². The highest BCUT2D eigenvalue weighted by Crippen LogP contribution is 2.28. The van der Waals surface area contributed by atoms with Gasteiger partial charge in [0.05, 0.1) is 6.26 Å². The van der Waals surface area contributed by atoms with Gasteiger partial charge in [-0.3, -0.25) is 4.79 Å². The van der Waals surface area contributed by atoms with Crippen molar-refractivity contribution in [2.45, 2.75) is 39.0 Å². The van der Waals surface area contributed by atoms with E-state index in [0.29, 0.717) is 11.8 Å². The number of likely N-dealkylation sites (tertiary alicyclic amines) is 1. The van der Waals surface area contributed by atoms with Gasteiger partial charge in [0.25, 0.3) is 0 Å². The topological polar surface area (TPSA) is 33.5 Å². The molecule has 2 atom stereocenters. The molecule has 1 aromatic heterocycles. The molecule has 0 bridgehead atoms. The highest BCUT2D eigenvalue weighted by Gasteiger charge is 2.30. The first kappa shape index (κ1) is 12.2. The molecule has 0 radical (unpaired) electrons. The Hall–Kier alpha value is -1.25. The third-order valence-corrected chi connectivity index (χ3v) is 3.59. The van der Waals surface area contributed by atoms with Gasteiger partial charge in [0.15, 0.2) is 0 Å². The molecule has 17 heavy (non-hydrogen) atoms. The standard InChI is InChI=1S/C14H21NO2/c1-3-5-11(2)14(16)15-8-7-12(10-15)13-6-4-9-17-13/h4,6,9,11-12H,3,5,7-8,10H2,1-2H3/t11-,12-/m0/s1. The van der Waals surface area contributed by atoms with Gasteiger partial charge < -0.3 is 9.32 Å². The zero-order chi connectivity index (χ0) is 12.3. The molecule has 1 aromatic rings. The van der Waals surface area contributed by atoms with E-state index >= 15 is 0 Å². The van der Waals surface area contributed by atoms with E-state index in [1.54, 1.807) is 6.26 Å². The Morgan fingerprint density at radius 1 is 1.65 bits per heavy atom. The molecule has 1 fully saturated rings. The van der Waals surface area contributed by atoms with Crippen molar-refractivity contribution >= 4 is 5.91 Å². The molecule has 3 nitrogen and oxygen atoms in total. The normalized spacial score (nSPS) is 21.8. The highest BCUT2D eigenvalue weighted by molar-refractivity contribution is 5.78. The van der Waals surface area contributed by atoms with Gasteiger partial charge in [-0.1, -0.05) is 20.3 Å². The van der Waals surface area contributed by atoms with Crippen molar-refractivity contribution in [3.8, 4) is 0 Å². The lowest BCUT2D eigenvalue weighted by atomic mass is 10.0. The van der Waals surface area contributed by atoms with Gasteiger partial charge in [-0.2, -0.15) is 0 Å². The molecule has 2 heterocycles. The molecular formula is C14H21NO2. The number of rotatable bonds is 4. The van der Waals surface area contributed by atoms with Crippen LogP contribution in [0, 0.1) is 5.92 Å². The lowest BCUT2D eigenvalue weighted by Crippen LogP contribution is -2.33. The van der Waals surface area contributed by atoms with E-state index in [9.17, 15) is 4.79 Å². The van der Waals surface area contributed by atoms with Crippen LogP contribution in [-0.4, -0.2) is 23.9 Å². The van der Waals surface area contributed by atoms with E-state index in [2.05, 4.69) is 6.92 Å². The van der Waals surface area contributed by atoms with Crippen molar-refractivity contribution in [1.29, 1.82) is 0 Å². The van der Waals surface area contributed by atoms with Crippen LogP contribution in [-0.2, 0) is 4.79 Å². The van der Waals surface area contributed by atoms with Gasteiger partial charge in [0, 0.05) is 24.9 Å². The minimum absolute atomic E-state index is 0.162. The summed E-state index contributed by atoms with van der Waals surface area (Å²) in [5.41, 5.74) is 0. The van der Waals surface area contributed by atoms with E-state index < -0.39 is 0 Å². The van der Waals surface area contributed by atoms with E-state index in [-0.39, 0.29) is 5.92 Å². The fraction of sp³-hybridized carbons (Fsp3) is 0.643. The number of carbonyl (C=O) groups is 1. The quantitative estimate of drug-likeness (QED) is 0.803. The van der Waals surface area contributed by atoms with Crippen LogP contribution in [0.4, 0.5) is 0 Å². The maximum Gasteiger partial charge on any atom is 0.225 e. The van der Waals surface area contributed by atoms with Gasteiger partial charge >= 0.3 is 0 Å². The molecule has 1 saturated heterocycles. The first-order valence-corrected chi connectivity index (χ1v) is 6.54. The Bertz CT molecular complexity index is 358. The zero-order valence-electron chi connectivity index (χ0n) is 10.7. The lowest BCUT2D eigenvalue weighted by molar-refractivity contribution is -0.134. The molecule has 0 aromatic carbocycles. The van der Waals surface area contributed by atoms with E-state index in [4.69, 9.17) is 4.42 Å². The average Bonchev–Trinajstić information content (AvgIpc) is 2.98. The number of hydrogen-bond acceptors (Lipinski definition) is 2. The molecule has 1 aliphatic rings. The first-order valence-electron chi connectivity index (χ1n) is 6.54. The van der Waals surface area contributed by atoms with Gasteiger partial charge in [-0.25, -0.2) is 0 Å². The van der Waals surface area contributed by atoms with Crippen LogP contribution in [0.5, 0.6) is 0 Å². The molecule has 0 saturated carbocycles. The van der Waals surface area contributed by atoms with Gasteiger partial charge in [0.1, 0.15) is 5.76 Å². The molecule has 0 unspecified atom stereocenters. The van der Waals surface area contributed by atoms with Crippen LogP contribution >= 0.6 is 0 Å². The predicted octanol–water partition coefficient (Wildman–Crippen LogP) is 3.03. The van der Waals surface area contributed by atoms with Gasteiger partial charge in [-0.15, -0.1) is 0 Å². The summed E-state index contributed by atoms with van der Waals surface area (Å²) < 4.78 is 5.42. The Morgan fingerprint density at radius 2 is 2.47 bits per heavy atom. The zero-order valence-corrected chi connectivity index (χ0v) is 10.7. The van der Waals surface area contributed by atoms with E-state index in [1.165, 1.54) is 0 Å². The molecular weight excluding hydrogens is 214 g/mol. The van der Waals surface area contributed by atoms with Crippen molar-refractivity contribution < 1.29 is 9.21 Å². The van der Waals surface area contributed by atoms with Crippen molar-refractivity contribution in [3.05, 3.63) is 24.2 Å². The average molecular weight is 235 g/mol. The smallest absolute Gasteiger partial charge is 0.225 e. The number of furan rings is 1. The molecule has 0 spiro atoms. The molecule has 0 aliphatic carbocycles. The lowest BCUT2D eigenvalue weighted by Gasteiger charge is -2.20. The van der Waals surface area contributed by atoms with Crippen molar-refractivity contribution in [1.82, 2.24) is 4.90 Å². The van der Waals surface area contributed by atoms with Crippen LogP contribution in [0.25, 0.3) is 0 Å². The van der Waals surface area contributed by atoms with Crippen molar-refractivity contribution in [3.63, 3.8) is 0 Å². The molecule has 2 rings (SSSR count). The fourth-order valence-electron chi connectivity index (χ4n) is 2.58.